The molecule has 17 heavy (non-hydrogen) atoms. The highest BCUT2D eigenvalue weighted by atomic mass is 19.1. The van der Waals surface area contributed by atoms with Crippen LogP contribution in [0.1, 0.15) is 5.56 Å². The first-order chi connectivity index (χ1) is 8.02. The second-order valence-corrected chi connectivity index (χ2v) is 3.16. The lowest BCUT2D eigenvalue weighted by molar-refractivity contribution is -0.121. The Morgan fingerprint density at radius 2 is 2.12 bits per heavy atom. The molecule has 0 bridgehead atoms. The van der Waals surface area contributed by atoms with Crippen LogP contribution in [0.4, 0.5) is 9.18 Å². The summed E-state index contributed by atoms with van der Waals surface area (Å²) >= 11 is 0. The molecule has 0 atom stereocenters. The quantitative estimate of drug-likeness (QED) is 0.681. The fraction of sp³-hybridized carbons (Fsp3) is 0.200. The number of primary amides is 1. The highest BCUT2D eigenvalue weighted by Crippen LogP contribution is 2.16. The predicted octanol–water partition coefficient (Wildman–Crippen LogP) is -0.142. The molecule has 0 fully saturated rings. The van der Waals surface area contributed by atoms with Crippen molar-refractivity contribution in [1.82, 2.24) is 5.32 Å². The molecule has 0 aliphatic carbocycles. The Morgan fingerprint density at radius 1 is 1.41 bits per heavy atom. The fourth-order valence-electron chi connectivity index (χ4n) is 1.11. The van der Waals surface area contributed by atoms with E-state index in [9.17, 15) is 14.0 Å². The second kappa shape index (κ2) is 5.80. The van der Waals surface area contributed by atoms with Crippen molar-refractivity contribution in [1.29, 1.82) is 0 Å². The van der Waals surface area contributed by atoms with Gasteiger partial charge in [0.15, 0.2) is 6.61 Å². The maximum atomic E-state index is 13.3. The molecule has 0 unspecified atom stereocenters. The molecular weight excluding hydrogens is 229 g/mol. The minimum atomic E-state index is -0.969. The van der Waals surface area contributed by atoms with E-state index in [1.54, 1.807) is 0 Å². The van der Waals surface area contributed by atoms with Gasteiger partial charge in [-0.3, -0.25) is 10.1 Å². The summed E-state index contributed by atoms with van der Waals surface area (Å²) < 4.78 is 18.2. The topological polar surface area (TPSA) is 107 Å². The van der Waals surface area contributed by atoms with Gasteiger partial charge in [-0.2, -0.15) is 0 Å². The number of urea groups is 1. The van der Waals surface area contributed by atoms with Crippen LogP contribution in [0.25, 0.3) is 0 Å². The first-order valence-corrected chi connectivity index (χ1v) is 4.73. The number of rotatable bonds is 4. The van der Waals surface area contributed by atoms with Crippen molar-refractivity contribution in [3.05, 3.63) is 29.6 Å². The first-order valence-electron chi connectivity index (χ1n) is 4.73. The summed E-state index contributed by atoms with van der Waals surface area (Å²) in [6.45, 7) is -0.349. The molecule has 0 aromatic heterocycles. The van der Waals surface area contributed by atoms with Crippen molar-refractivity contribution >= 4 is 11.9 Å². The van der Waals surface area contributed by atoms with Gasteiger partial charge in [-0.15, -0.1) is 0 Å². The number of hydrogen-bond acceptors (Lipinski definition) is 4. The second-order valence-electron chi connectivity index (χ2n) is 3.16. The third-order valence-electron chi connectivity index (χ3n) is 1.88. The van der Waals surface area contributed by atoms with Gasteiger partial charge in [0, 0.05) is 18.2 Å². The molecule has 1 aromatic rings. The number of hydrogen-bond donors (Lipinski definition) is 3. The van der Waals surface area contributed by atoms with Crippen molar-refractivity contribution in [2.75, 3.05) is 6.61 Å². The normalized spacial score (nSPS) is 9.76. The Hall–Kier alpha value is -2.15. The van der Waals surface area contributed by atoms with Crippen molar-refractivity contribution < 1.29 is 18.7 Å². The molecule has 3 amide bonds. The smallest absolute Gasteiger partial charge is 0.318 e. The summed E-state index contributed by atoms with van der Waals surface area (Å²) in [5.74, 6) is -1.06. The lowest BCUT2D eigenvalue weighted by Gasteiger charge is -2.07. The summed E-state index contributed by atoms with van der Waals surface area (Å²) in [5, 5.41) is 1.81. The molecule has 5 N–H and O–H groups in total. The Balaban J connectivity index is 2.55. The lowest BCUT2D eigenvalue weighted by atomic mass is 10.2. The molecule has 0 saturated carbocycles. The average molecular weight is 241 g/mol. The third-order valence-corrected chi connectivity index (χ3v) is 1.88. The van der Waals surface area contributed by atoms with Gasteiger partial charge in [0.25, 0.3) is 5.91 Å². The lowest BCUT2D eigenvalue weighted by Crippen LogP contribution is -2.38. The van der Waals surface area contributed by atoms with E-state index in [1.165, 1.54) is 12.1 Å². The van der Waals surface area contributed by atoms with E-state index >= 15 is 0 Å². The molecule has 1 aromatic carbocycles. The van der Waals surface area contributed by atoms with Crippen LogP contribution in [0.2, 0.25) is 0 Å². The van der Waals surface area contributed by atoms with Crippen LogP contribution in [0.5, 0.6) is 5.75 Å². The van der Waals surface area contributed by atoms with E-state index in [2.05, 4.69) is 0 Å². The summed E-state index contributed by atoms with van der Waals surface area (Å²) in [4.78, 5) is 21.3. The van der Waals surface area contributed by atoms with Crippen molar-refractivity contribution in [2.24, 2.45) is 11.5 Å². The van der Waals surface area contributed by atoms with Crippen molar-refractivity contribution in [3.63, 3.8) is 0 Å². The van der Waals surface area contributed by atoms with E-state index in [4.69, 9.17) is 16.2 Å². The highest BCUT2D eigenvalue weighted by molar-refractivity contribution is 5.94. The maximum absolute atomic E-state index is 13.3. The summed E-state index contributed by atoms with van der Waals surface area (Å²) in [7, 11) is 0. The molecule has 0 heterocycles. The van der Waals surface area contributed by atoms with Crippen LogP contribution in [0, 0.1) is 5.82 Å². The van der Waals surface area contributed by atoms with Crippen LogP contribution in [0.15, 0.2) is 18.2 Å². The number of ether oxygens (including phenoxy) is 1. The molecule has 0 saturated heterocycles. The summed E-state index contributed by atoms with van der Waals surface area (Å²) in [6, 6.07) is 3.07. The molecule has 0 spiro atoms. The number of nitrogens with two attached hydrogens (primary N) is 2. The third kappa shape index (κ3) is 4.07. The molecular formula is C10H12FN3O3. The van der Waals surface area contributed by atoms with E-state index < -0.39 is 24.4 Å². The Kier molecular flexibility index (Phi) is 4.41. The highest BCUT2D eigenvalue weighted by Gasteiger charge is 2.07. The number of benzene rings is 1. The number of amides is 3. The number of nitrogens with one attached hydrogen (secondary N) is 1. The van der Waals surface area contributed by atoms with Gasteiger partial charge in [0.2, 0.25) is 0 Å². The number of imide groups is 1. The zero-order valence-electron chi connectivity index (χ0n) is 8.90. The molecule has 1 rings (SSSR count). The molecule has 7 heteroatoms. The standard InChI is InChI=1S/C10H12FN3O3/c11-8-3-7(2-1-6(8)4-12)17-5-9(15)14-10(13)16/h1-3H,4-5,12H2,(H3,13,14,15,16). The Labute approximate surface area is 96.7 Å². The average Bonchev–Trinajstić information content (AvgIpc) is 2.25. The predicted molar refractivity (Wildman–Crippen MR) is 57.5 cm³/mol. The fourth-order valence-corrected chi connectivity index (χ4v) is 1.11. The van der Waals surface area contributed by atoms with Crippen LogP contribution in [-0.4, -0.2) is 18.5 Å². The van der Waals surface area contributed by atoms with E-state index in [1.807, 2.05) is 5.32 Å². The van der Waals surface area contributed by atoms with Crippen LogP contribution < -0.4 is 21.5 Å². The van der Waals surface area contributed by atoms with Crippen LogP contribution in [0.3, 0.4) is 0 Å². The Morgan fingerprint density at radius 3 is 2.65 bits per heavy atom. The molecule has 6 nitrogen and oxygen atoms in total. The van der Waals surface area contributed by atoms with Gasteiger partial charge >= 0.3 is 6.03 Å². The van der Waals surface area contributed by atoms with Crippen LogP contribution >= 0.6 is 0 Å². The number of halogens is 1. The summed E-state index contributed by atoms with van der Waals surface area (Å²) in [6.07, 6.45) is 0. The van der Waals surface area contributed by atoms with E-state index in [0.717, 1.165) is 6.07 Å². The minimum Gasteiger partial charge on any atom is -0.484 e. The van der Waals surface area contributed by atoms with Gasteiger partial charge in [-0.1, -0.05) is 6.07 Å². The monoisotopic (exact) mass is 241 g/mol. The largest absolute Gasteiger partial charge is 0.484 e. The minimum absolute atomic E-state index is 0.0777. The van der Waals surface area contributed by atoms with Gasteiger partial charge in [0.1, 0.15) is 11.6 Å². The zero-order chi connectivity index (χ0) is 12.8. The maximum Gasteiger partial charge on any atom is 0.318 e. The van der Waals surface area contributed by atoms with Gasteiger partial charge in [-0.25, -0.2) is 9.18 Å². The summed E-state index contributed by atoms with van der Waals surface area (Å²) in [5.41, 5.74) is 10.4. The van der Waals surface area contributed by atoms with Crippen molar-refractivity contribution in [3.8, 4) is 5.75 Å². The Bertz CT molecular complexity index is 437. The SMILES string of the molecule is NCc1ccc(OCC(=O)NC(N)=O)cc1F. The molecule has 0 aliphatic rings. The van der Waals surface area contributed by atoms with Crippen molar-refractivity contribution in [2.45, 2.75) is 6.54 Å². The van der Waals surface area contributed by atoms with Gasteiger partial charge in [-0.05, 0) is 6.07 Å². The molecule has 0 radical (unpaired) electrons. The van der Waals surface area contributed by atoms with Gasteiger partial charge in [0.05, 0.1) is 0 Å². The van der Waals surface area contributed by atoms with Crippen LogP contribution in [-0.2, 0) is 11.3 Å². The first kappa shape index (κ1) is 12.9. The van der Waals surface area contributed by atoms with E-state index in [-0.39, 0.29) is 12.3 Å². The zero-order valence-corrected chi connectivity index (χ0v) is 8.90. The molecule has 0 aliphatic heterocycles. The van der Waals surface area contributed by atoms with Gasteiger partial charge < -0.3 is 16.2 Å². The number of carbonyl (C=O) groups excluding carboxylic acids is 2. The van der Waals surface area contributed by atoms with E-state index in [0.29, 0.717) is 5.56 Å². The number of carbonyl (C=O) groups is 2. The molecule has 92 valence electrons.